The zero-order chi connectivity index (χ0) is 19.0. The molecule has 7 nitrogen and oxygen atoms in total. The number of ether oxygens (including phenoxy) is 1. The Kier molecular flexibility index (Phi) is 4.35. The van der Waals surface area contributed by atoms with E-state index in [9.17, 15) is 14.4 Å². The van der Waals surface area contributed by atoms with Crippen molar-refractivity contribution in [2.24, 2.45) is 0 Å². The molecule has 4 rings (SSSR count). The topological polar surface area (TPSA) is 101 Å². The monoisotopic (exact) mass is 365 g/mol. The van der Waals surface area contributed by atoms with Crippen molar-refractivity contribution >= 4 is 33.2 Å². The minimum absolute atomic E-state index is 0.0803. The van der Waals surface area contributed by atoms with Crippen LogP contribution in [0.15, 0.2) is 35.4 Å². The van der Waals surface area contributed by atoms with Crippen LogP contribution in [0.25, 0.3) is 21.5 Å². The molecule has 0 saturated carbocycles. The molecule has 1 aliphatic heterocycles. The van der Waals surface area contributed by atoms with Crippen molar-refractivity contribution in [3.8, 4) is 5.88 Å². The van der Waals surface area contributed by atoms with Crippen LogP contribution < -0.4 is 15.6 Å². The third-order valence-electron chi connectivity index (χ3n) is 4.92. The van der Waals surface area contributed by atoms with E-state index in [-0.39, 0.29) is 23.3 Å². The second-order valence-electron chi connectivity index (χ2n) is 6.76. The molecular weight excluding hydrogens is 346 g/mol. The second kappa shape index (κ2) is 6.83. The van der Waals surface area contributed by atoms with E-state index in [1.165, 1.54) is 13.1 Å². The molecule has 1 saturated heterocycles. The summed E-state index contributed by atoms with van der Waals surface area (Å²) < 4.78 is 5.86. The number of aromatic nitrogens is 2. The molecule has 138 valence electrons. The molecule has 7 heteroatoms. The van der Waals surface area contributed by atoms with E-state index in [0.29, 0.717) is 41.7 Å². The number of aromatic amines is 1. The van der Waals surface area contributed by atoms with Crippen molar-refractivity contribution < 1.29 is 14.3 Å². The average Bonchev–Trinajstić information content (AvgIpc) is 3.06. The summed E-state index contributed by atoms with van der Waals surface area (Å²) >= 11 is 0. The number of amides is 1. The fraction of sp³-hybridized carbons (Fsp3) is 0.300. The Morgan fingerprint density at radius 3 is 2.85 bits per heavy atom. The van der Waals surface area contributed by atoms with E-state index in [2.05, 4.69) is 15.3 Å². The molecule has 0 unspecified atom stereocenters. The van der Waals surface area contributed by atoms with Crippen LogP contribution >= 0.6 is 0 Å². The van der Waals surface area contributed by atoms with Crippen LogP contribution in [0.2, 0.25) is 0 Å². The number of Topliss-reactive ketones (excluding diaryl/α,β-unsaturated/α-hetero) is 1. The summed E-state index contributed by atoms with van der Waals surface area (Å²) in [7, 11) is 0. The number of nitrogens with zero attached hydrogens (tertiary/aromatic N) is 1. The number of fused-ring (bicyclic) bond motifs is 2. The van der Waals surface area contributed by atoms with Crippen LogP contribution in [-0.2, 0) is 4.79 Å². The van der Waals surface area contributed by atoms with Gasteiger partial charge in [-0.3, -0.25) is 14.4 Å². The number of carbonyl (C=O) groups excluding carboxylic acids is 2. The van der Waals surface area contributed by atoms with Crippen molar-refractivity contribution in [2.45, 2.75) is 32.2 Å². The minimum Gasteiger partial charge on any atom is -0.477 e. The number of rotatable bonds is 5. The van der Waals surface area contributed by atoms with E-state index < -0.39 is 0 Å². The van der Waals surface area contributed by atoms with Gasteiger partial charge >= 0.3 is 0 Å². The van der Waals surface area contributed by atoms with Gasteiger partial charge in [-0.05, 0) is 36.9 Å². The third-order valence-corrected chi connectivity index (χ3v) is 4.92. The van der Waals surface area contributed by atoms with Gasteiger partial charge in [0, 0.05) is 53.0 Å². The van der Waals surface area contributed by atoms with E-state index in [0.717, 1.165) is 17.2 Å². The molecule has 27 heavy (non-hydrogen) atoms. The zero-order valence-electron chi connectivity index (χ0n) is 14.9. The fourth-order valence-electron chi connectivity index (χ4n) is 3.50. The van der Waals surface area contributed by atoms with Crippen molar-refractivity contribution in [3.05, 3.63) is 46.5 Å². The smallest absolute Gasteiger partial charge is 0.255 e. The maximum absolute atomic E-state index is 12.2. The predicted octanol–water partition coefficient (Wildman–Crippen LogP) is 2.33. The highest BCUT2D eigenvalue weighted by molar-refractivity contribution is 6.10. The first kappa shape index (κ1) is 17.2. The summed E-state index contributed by atoms with van der Waals surface area (Å²) in [5.41, 5.74) is 0.211. The number of hydrogen-bond donors (Lipinski definition) is 2. The van der Waals surface area contributed by atoms with E-state index in [1.54, 1.807) is 24.4 Å². The predicted molar refractivity (Wildman–Crippen MR) is 101 cm³/mol. The Morgan fingerprint density at radius 1 is 1.26 bits per heavy atom. The molecule has 1 aliphatic rings. The highest BCUT2D eigenvalue weighted by atomic mass is 16.5. The summed E-state index contributed by atoms with van der Waals surface area (Å²) in [6.45, 7) is 1.89. The largest absolute Gasteiger partial charge is 0.477 e. The van der Waals surface area contributed by atoms with Gasteiger partial charge in [-0.25, -0.2) is 4.98 Å². The average molecular weight is 365 g/mol. The summed E-state index contributed by atoms with van der Waals surface area (Å²) in [5, 5.41) is 5.51. The number of hydrogen-bond acceptors (Lipinski definition) is 5. The molecule has 3 heterocycles. The Bertz CT molecular complexity index is 1120. The van der Waals surface area contributed by atoms with Crippen molar-refractivity contribution in [1.29, 1.82) is 0 Å². The Morgan fingerprint density at radius 2 is 2.11 bits per heavy atom. The van der Waals surface area contributed by atoms with Crippen molar-refractivity contribution in [3.63, 3.8) is 0 Å². The minimum atomic E-state index is -0.242. The number of ketones is 1. The van der Waals surface area contributed by atoms with Crippen LogP contribution in [0.1, 0.15) is 36.5 Å². The molecule has 1 fully saturated rings. The molecule has 1 atom stereocenters. The summed E-state index contributed by atoms with van der Waals surface area (Å²) in [6.07, 6.45) is 5.16. The first-order valence-corrected chi connectivity index (χ1v) is 8.90. The molecule has 0 aliphatic carbocycles. The molecule has 2 N–H and O–H groups in total. The highest BCUT2D eigenvalue weighted by Gasteiger charge is 2.20. The Labute approximate surface area is 154 Å². The zero-order valence-corrected chi connectivity index (χ0v) is 14.9. The SMILES string of the molecule is CC(=O)c1c[nH]c(=O)c2cc3ccnc(OCC[C@@H]4CCC(=O)N4)c3cc12. The van der Waals surface area contributed by atoms with Gasteiger partial charge in [0.2, 0.25) is 11.8 Å². The van der Waals surface area contributed by atoms with Crippen LogP contribution in [0.4, 0.5) is 0 Å². The van der Waals surface area contributed by atoms with Gasteiger partial charge < -0.3 is 15.0 Å². The normalized spacial score (nSPS) is 16.6. The number of pyridine rings is 2. The maximum Gasteiger partial charge on any atom is 0.255 e. The molecule has 2 aromatic heterocycles. The summed E-state index contributed by atoms with van der Waals surface area (Å²) in [5.74, 6) is 0.407. The van der Waals surface area contributed by atoms with Gasteiger partial charge in [0.25, 0.3) is 5.56 Å². The van der Waals surface area contributed by atoms with Crippen LogP contribution in [0.5, 0.6) is 5.88 Å². The first-order chi connectivity index (χ1) is 13.0. The van der Waals surface area contributed by atoms with Crippen LogP contribution in [0.3, 0.4) is 0 Å². The van der Waals surface area contributed by atoms with Gasteiger partial charge in [0.1, 0.15) is 0 Å². The lowest BCUT2D eigenvalue weighted by Gasteiger charge is -2.12. The Balaban J connectivity index is 1.70. The number of H-pyrrole nitrogens is 1. The van der Waals surface area contributed by atoms with E-state index in [4.69, 9.17) is 4.74 Å². The lowest BCUT2D eigenvalue weighted by atomic mass is 10.0. The van der Waals surface area contributed by atoms with E-state index >= 15 is 0 Å². The quantitative estimate of drug-likeness (QED) is 0.534. The van der Waals surface area contributed by atoms with Gasteiger partial charge in [-0.15, -0.1) is 0 Å². The standard InChI is InChI=1S/C20H19N3O4/c1-11(24)17-10-22-19(26)16-8-12-4-6-21-20(14(12)9-15(16)17)27-7-5-13-2-3-18(25)23-13/h4,6,8-10,13H,2-3,5,7H2,1H3,(H,22,26)(H,23,25)/t13-/m0/s1. The Hall–Kier alpha value is -3.22. The van der Waals surface area contributed by atoms with Gasteiger partial charge in [0.05, 0.1) is 6.61 Å². The maximum atomic E-state index is 12.2. The first-order valence-electron chi connectivity index (χ1n) is 8.90. The summed E-state index contributed by atoms with van der Waals surface area (Å²) in [4.78, 5) is 42.3. The number of benzene rings is 1. The van der Waals surface area contributed by atoms with E-state index in [1.807, 2.05) is 0 Å². The lowest BCUT2D eigenvalue weighted by Crippen LogP contribution is -2.26. The number of carbonyl (C=O) groups is 2. The highest BCUT2D eigenvalue weighted by Crippen LogP contribution is 2.29. The van der Waals surface area contributed by atoms with Gasteiger partial charge in [-0.2, -0.15) is 0 Å². The summed E-state index contributed by atoms with van der Waals surface area (Å²) in [6, 6.07) is 5.48. The van der Waals surface area contributed by atoms with Crippen LogP contribution in [-0.4, -0.2) is 34.3 Å². The van der Waals surface area contributed by atoms with Gasteiger partial charge in [-0.1, -0.05) is 0 Å². The van der Waals surface area contributed by atoms with Crippen LogP contribution in [0, 0.1) is 0 Å². The molecule has 0 spiro atoms. The third kappa shape index (κ3) is 3.28. The second-order valence-corrected chi connectivity index (χ2v) is 6.76. The molecule has 3 aromatic rings. The van der Waals surface area contributed by atoms with Gasteiger partial charge in [0.15, 0.2) is 5.78 Å². The molecule has 0 bridgehead atoms. The van der Waals surface area contributed by atoms with Crippen molar-refractivity contribution in [2.75, 3.05) is 6.61 Å². The lowest BCUT2D eigenvalue weighted by molar-refractivity contribution is -0.119. The molecular formula is C20H19N3O4. The molecule has 1 aromatic carbocycles. The fourth-order valence-corrected chi connectivity index (χ4v) is 3.50. The molecule has 1 amide bonds. The molecule has 0 radical (unpaired) electrons. The van der Waals surface area contributed by atoms with Crippen molar-refractivity contribution in [1.82, 2.24) is 15.3 Å². The number of nitrogens with one attached hydrogen (secondary N) is 2.